The minimum atomic E-state index is 0.525. The van der Waals surface area contributed by atoms with E-state index >= 15 is 0 Å². The molecule has 0 saturated carbocycles. The lowest BCUT2D eigenvalue weighted by atomic mass is 10.4. The van der Waals surface area contributed by atoms with Gasteiger partial charge in [0.1, 0.15) is 0 Å². The fourth-order valence-electron chi connectivity index (χ4n) is 1.11. The third-order valence-electron chi connectivity index (χ3n) is 1.76. The zero-order valence-corrected chi connectivity index (χ0v) is 9.11. The molecule has 74 valence electrons. The maximum Gasteiger partial charge on any atom is 0.0956 e. The van der Waals surface area contributed by atoms with Gasteiger partial charge in [-0.25, -0.2) is 10.9 Å². The van der Waals surface area contributed by atoms with Crippen LogP contribution in [0.3, 0.4) is 0 Å². The number of aromatic nitrogens is 1. The maximum atomic E-state index is 4.96. The van der Waals surface area contributed by atoms with E-state index < -0.39 is 0 Å². The number of thiophene rings is 1. The second-order valence-electron chi connectivity index (χ2n) is 2.72. The quantitative estimate of drug-likeness (QED) is 0.814. The van der Waals surface area contributed by atoms with Gasteiger partial charge in [0, 0.05) is 11.8 Å². The Bertz CT molecular complexity index is 383. The number of thiazole rings is 1. The molecule has 0 aliphatic heterocycles. The molecule has 0 aliphatic rings. The van der Waals surface area contributed by atoms with E-state index in [4.69, 9.17) is 5.90 Å². The average molecular weight is 226 g/mol. The fraction of sp³-hybridized carbons (Fsp3) is 0.222. The van der Waals surface area contributed by atoms with Gasteiger partial charge in [-0.2, -0.15) is 0 Å². The molecule has 0 amide bonds. The number of rotatable bonds is 4. The zero-order valence-electron chi connectivity index (χ0n) is 7.47. The van der Waals surface area contributed by atoms with E-state index in [0.29, 0.717) is 6.61 Å². The average Bonchev–Trinajstić information content (AvgIpc) is 2.85. The first-order valence-corrected chi connectivity index (χ1v) is 5.96. The fourth-order valence-corrected chi connectivity index (χ4v) is 2.65. The van der Waals surface area contributed by atoms with Crippen LogP contribution in [0.1, 0.15) is 5.01 Å². The Hall–Kier alpha value is -0.750. The van der Waals surface area contributed by atoms with E-state index in [9.17, 15) is 0 Å². The van der Waals surface area contributed by atoms with Gasteiger partial charge in [-0.1, -0.05) is 6.07 Å². The van der Waals surface area contributed by atoms with E-state index in [1.165, 1.54) is 4.88 Å². The smallest absolute Gasteiger partial charge is 0.0956 e. The van der Waals surface area contributed by atoms with Crippen LogP contribution in [0.5, 0.6) is 0 Å². The molecule has 2 aromatic rings. The van der Waals surface area contributed by atoms with E-state index in [2.05, 4.69) is 26.6 Å². The van der Waals surface area contributed by atoms with Crippen molar-refractivity contribution in [2.45, 2.75) is 6.42 Å². The van der Waals surface area contributed by atoms with Crippen LogP contribution in [0.25, 0.3) is 10.6 Å². The van der Waals surface area contributed by atoms with Crippen molar-refractivity contribution in [3.05, 3.63) is 27.9 Å². The lowest BCUT2D eigenvalue weighted by molar-refractivity contribution is 0.141. The van der Waals surface area contributed by atoms with Crippen LogP contribution in [0, 0.1) is 0 Å². The molecule has 3 nitrogen and oxygen atoms in total. The first-order chi connectivity index (χ1) is 6.90. The van der Waals surface area contributed by atoms with Crippen molar-refractivity contribution < 1.29 is 4.84 Å². The largest absolute Gasteiger partial charge is 0.304 e. The van der Waals surface area contributed by atoms with Crippen LogP contribution in [0.4, 0.5) is 0 Å². The lowest BCUT2D eigenvalue weighted by Crippen LogP contribution is -2.03. The SMILES string of the molecule is NOCCc1nc(-c2cccs2)cs1. The highest BCUT2D eigenvalue weighted by molar-refractivity contribution is 7.14. The summed E-state index contributed by atoms with van der Waals surface area (Å²) in [4.78, 5) is 10.2. The van der Waals surface area contributed by atoms with Gasteiger partial charge in [0.15, 0.2) is 0 Å². The summed E-state index contributed by atoms with van der Waals surface area (Å²) in [6, 6.07) is 4.10. The molecule has 0 fully saturated rings. The Labute approximate surface area is 90.1 Å². The van der Waals surface area contributed by atoms with Gasteiger partial charge in [0.25, 0.3) is 0 Å². The molecule has 0 aromatic carbocycles. The minimum absolute atomic E-state index is 0.525. The Kier molecular flexibility index (Phi) is 3.26. The van der Waals surface area contributed by atoms with Crippen molar-refractivity contribution >= 4 is 22.7 Å². The van der Waals surface area contributed by atoms with Crippen molar-refractivity contribution in [3.63, 3.8) is 0 Å². The normalized spacial score (nSPS) is 10.6. The molecular weight excluding hydrogens is 216 g/mol. The monoisotopic (exact) mass is 226 g/mol. The highest BCUT2D eigenvalue weighted by Crippen LogP contribution is 2.26. The molecule has 2 N–H and O–H groups in total. The maximum absolute atomic E-state index is 4.96. The Balaban J connectivity index is 2.10. The van der Waals surface area contributed by atoms with E-state index in [-0.39, 0.29) is 0 Å². The Morgan fingerprint density at radius 1 is 1.43 bits per heavy atom. The Morgan fingerprint density at radius 3 is 3.07 bits per heavy atom. The third-order valence-corrected chi connectivity index (χ3v) is 3.56. The van der Waals surface area contributed by atoms with Crippen LogP contribution in [-0.2, 0) is 11.3 Å². The summed E-state index contributed by atoms with van der Waals surface area (Å²) in [6.45, 7) is 0.525. The molecule has 2 aromatic heterocycles. The molecule has 2 rings (SSSR count). The van der Waals surface area contributed by atoms with Gasteiger partial charge in [0.05, 0.1) is 22.2 Å². The lowest BCUT2D eigenvalue weighted by Gasteiger charge is -1.92. The second-order valence-corrected chi connectivity index (χ2v) is 4.61. The van der Waals surface area contributed by atoms with Gasteiger partial charge in [0.2, 0.25) is 0 Å². The van der Waals surface area contributed by atoms with Gasteiger partial charge >= 0.3 is 0 Å². The van der Waals surface area contributed by atoms with Gasteiger partial charge in [-0.05, 0) is 11.4 Å². The predicted octanol–water partition coefficient (Wildman–Crippen LogP) is 2.30. The Morgan fingerprint density at radius 2 is 2.36 bits per heavy atom. The molecule has 0 bridgehead atoms. The van der Waals surface area contributed by atoms with Gasteiger partial charge in [-0.15, -0.1) is 22.7 Å². The summed E-state index contributed by atoms with van der Waals surface area (Å²) in [5.41, 5.74) is 1.05. The topological polar surface area (TPSA) is 48.1 Å². The zero-order chi connectivity index (χ0) is 9.80. The summed E-state index contributed by atoms with van der Waals surface area (Å²) >= 11 is 3.35. The van der Waals surface area contributed by atoms with Gasteiger partial charge in [-0.3, -0.25) is 0 Å². The molecule has 0 saturated heterocycles. The van der Waals surface area contributed by atoms with Crippen molar-refractivity contribution in [3.8, 4) is 10.6 Å². The summed E-state index contributed by atoms with van der Waals surface area (Å²) in [7, 11) is 0. The number of hydrogen-bond acceptors (Lipinski definition) is 5. The number of nitrogens with zero attached hydrogens (tertiary/aromatic N) is 1. The van der Waals surface area contributed by atoms with Gasteiger partial charge < -0.3 is 4.84 Å². The van der Waals surface area contributed by atoms with Crippen molar-refractivity contribution in [2.75, 3.05) is 6.61 Å². The first kappa shape index (κ1) is 9.79. The highest BCUT2D eigenvalue weighted by Gasteiger charge is 2.04. The molecule has 0 spiro atoms. The molecule has 2 heterocycles. The molecule has 14 heavy (non-hydrogen) atoms. The summed E-state index contributed by atoms with van der Waals surface area (Å²) < 4.78 is 0. The van der Waals surface area contributed by atoms with Crippen LogP contribution in [0.15, 0.2) is 22.9 Å². The van der Waals surface area contributed by atoms with Crippen LogP contribution in [-0.4, -0.2) is 11.6 Å². The van der Waals surface area contributed by atoms with Crippen LogP contribution >= 0.6 is 22.7 Å². The van der Waals surface area contributed by atoms with E-state index in [1.54, 1.807) is 22.7 Å². The first-order valence-electron chi connectivity index (χ1n) is 4.20. The molecule has 0 unspecified atom stereocenters. The van der Waals surface area contributed by atoms with E-state index in [1.807, 2.05) is 6.07 Å². The standard InChI is InChI=1S/C9H10N2OS2/c10-12-4-3-9-11-7(6-14-9)8-2-1-5-13-8/h1-2,5-6H,3-4,10H2. The molecule has 0 radical (unpaired) electrons. The molecule has 0 atom stereocenters. The molecule has 5 heteroatoms. The molecule has 0 aliphatic carbocycles. The number of hydrogen-bond donors (Lipinski definition) is 1. The van der Waals surface area contributed by atoms with Crippen molar-refractivity contribution in [1.82, 2.24) is 4.98 Å². The summed E-state index contributed by atoms with van der Waals surface area (Å²) in [6.07, 6.45) is 0.784. The highest BCUT2D eigenvalue weighted by atomic mass is 32.1. The second kappa shape index (κ2) is 4.65. The minimum Gasteiger partial charge on any atom is -0.304 e. The third kappa shape index (κ3) is 2.19. The van der Waals surface area contributed by atoms with E-state index in [0.717, 1.165) is 17.1 Å². The molecular formula is C9H10N2OS2. The number of nitrogens with two attached hydrogens (primary N) is 1. The van der Waals surface area contributed by atoms with Crippen LogP contribution < -0.4 is 5.90 Å². The van der Waals surface area contributed by atoms with Crippen molar-refractivity contribution in [2.24, 2.45) is 5.90 Å². The summed E-state index contributed by atoms with van der Waals surface area (Å²) in [5, 5.41) is 5.19. The summed E-state index contributed by atoms with van der Waals surface area (Å²) in [5.74, 6) is 4.96. The van der Waals surface area contributed by atoms with Crippen molar-refractivity contribution in [1.29, 1.82) is 0 Å². The predicted molar refractivity (Wildman–Crippen MR) is 59.3 cm³/mol. The van der Waals surface area contributed by atoms with Crippen LogP contribution in [0.2, 0.25) is 0 Å².